The Balaban J connectivity index is 0.000000860. The maximum Gasteiger partial charge on any atom is 0.490 e. The van der Waals surface area contributed by atoms with Gasteiger partial charge in [-0.1, -0.05) is 6.07 Å². The Bertz CT molecular complexity index is 1410. The van der Waals surface area contributed by atoms with Gasteiger partial charge in [-0.2, -0.15) is 13.2 Å². The van der Waals surface area contributed by atoms with E-state index in [0.717, 1.165) is 0 Å². The standard InChI is InChI=1S/C26H29N5O6.C2HF3O2/c1-3-36-22-15-18(8-11-21(22)37-14-13-35-2)23(29-20-9-6-17(7-10-20)24(27)32)26(34)31-30-25(33)19-5-4-12-28-16-19;3-2(4,5)1(6)7/h4-12,15-16,23,29H,3,13-14H2,1-2H3,(H2,27,32)(H,30,33)(H,31,34);(H,6,7). The number of nitrogens with two attached hydrogens (primary N) is 1. The molecule has 0 bridgehead atoms. The number of nitrogens with zero attached hydrogens (tertiary/aromatic N) is 1. The van der Waals surface area contributed by atoms with Crippen molar-refractivity contribution in [1.82, 2.24) is 15.8 Å². The van der Waals surface area contributed by atoms with Gasteiger partial charge >= 0.3 is 12.1 Å². The van der Waals surface area contributed by atoms with E-state index in [2.05, 4.69) is 21.2 Å². The van der Waals surface area contributed by atoms with Gasteiger partial charge in [0.1, 0.15) is 12.6 Å². The van der Waals surface area contributed by atoms with E-state index in [9.17, 15) is 27.6 Å². The van der Waals surface area contributed by atoms with Crippen molar-refractivity contribution in [2.24, 2.45) is 5.73 Å². The van der Waals surface area contributed by atoms with E-state index in [4.69, 9.17) is 29.8 Å². The highest BCUT2D eigenvalue weighted by Crippen LogP contribution is 2.32. The van der Waals surface area contributed by atoms with E-state index < -0.39 is 35.9 Å². The number of hydrazine groups is 1. The number of alkyl halides is 3. The van der Waals surface area contributed by atoms with Crippen LogP contribution in [-0.4, -0.2) is 66.9 Å². The minimum absolute atomic E-state index is 0.283. The molecule has 1 aromatic heterocycles. The molecule has 3 amide bonds. The molecular formula is C28H30F3N5O8. The summed E-state index contributed by atoms with van der Waals surface area (Å²) < 4.78 is 48.2. The zero-order valence-electron chi connectivity index (χ0n) is 23.5. The number of anilines is 1. The second-order valence-electron chi connectivity index (χ2n) is 8.49. The molecule has 1 heterocycles. The van der Waals surface area contributed by atoms with Crippen LogP contribution in [-0.2, 0) is 14.3 Å². The Morgan fingerprint density at radius 3 is 2.18 bits per heavy atom. The minimum Gasteiger partial charge on any atom is -0.490 e. The lowest BCUT2D eigenvalue weighted by atomic mass is 10.0. The number of carboxylic acid groups (broad SMARTS) is 1. The van der Waals surface area contributed by atoms with Gasteiger partial charge in [0.15, 0.2) is 11.5 Å². The summed E-state index contributed by atoms with van der Waals surface area (Å²) in [5.41, 5.74) is 11.9. The van der Waals surface area contributed by atoms with Crippen molar-refractivity contribution in [2.75, 3.05) is 32.2 Å². The molecule has 0 saturated carbocycles. The second-order valence-corrected chi connectivity index (χ2v) is 8.49. The summed E-state index contributed by atoms with van der Waals surface area (Å²) in [5.74, 6) is -3.46. The summed E-state index contributed by atoms with van der Waals surface area (Å²) in [5, 5.41) is 10.2. The number of amides is 3. The molecule has 0 spiro atoms. The molecule has 1 atom stereocenters. The molecule has 236 valence electrons. The van der Waals surface area contributed by atoms with Gasteiger partial charge in [-0.15, -0.1) is 0 Å². The summed E-state index contributed by atoms with van der Waals surface area (Å²) in [7, 11) is 1.58. The quantitative estimate of drug-likeness (QED) is 0.148. The number of aliphatic carboxylic acids is 1. The maximum atomic E-state index is 13.3. The number of carbonyl (C=O) groups is 4. The van der Waals surface area contributed by atoms with E-state index in [0.29, 0.717) is 48.1 Å². The highest BCUT2D eigenvalue weighted by atomic mass is 19.4. The van der Waals surface area contributed by atoms with Crippen LogP contribution < -0.4 is 31.4 Å². The summed E-state index contributed by atoms with van der Waals surface area (Å²) in [6.45, 7) is 2.94. The first kappa shape index (κ1) is 34.8. The molecule has 13 nitrogen and oxygen atoms in total. The van der Waals surface area contributed by atoms with Gasteiger partial charge in [-0.25, -0.2) is 4.79 Å². The van der Waals surface area contributed by atoms with Crippen LogP contribution >= 0.6 is 0 Å². The molecule has 0 aliphatic heterocycles. The molecule has 0 radical (unpaired) electrons. The number of hydrogen-bond donors (Lipinski definition) is 5. The van der Waals surface area contributed by atoms with Gasteiger partial charge in [-0.05, 0) is 61.0 Å². The predicted molar refractivity (Wildman–Crippen MR) is 150 cm³/mol. The van der Waals surface area contributed by atoms with Gasteiger partial charge in [0, 0.05) is 30.8 Å². The highest BCUT2D eigenvalue weighted by molar-refractivity contribution is 5.96. The zero-order chi connectivity index (χ0) is 32.7. The summed E-state index contributed by atoms with van der Waals surface area (Å²) in [6, 6.07) is 13.7. The molecule has 0 fully saturated rings. The molecule has 6 N–H and O–H groups in total. The number of primary amides is 1. The van der Waals surface area contributed by atoms with Gasteiger partial charge in [0.2, 0.25) is 5.91 Å². The number of pyridine rings is 1. The number of halogens is 3. The number of ether oxygens (including phenoxy) is 3. The van der Waals surface area contributed by atoms with Gasteiger partial charge in [0.25, 0.3) is 11.8 Å². The molecular weight excluding hydrogens is 591 g/mol. The fourth-order valence-corrected chi connectivity index (χ4v) is 3.28. The van der Waals surface area contributed by atoms with Crippen molar-refractivity contribution in [3.63, 3.8) is 0 Å². The van der Waals surface area contributed by atoms with E-state index in [-0.39, 0.29) is 5.56 Å². The molecule has 3 rings (SSSR count). The van der Waals surface area contributed by atoms with Crippen LogP contribution in [0, 0.1) is 0 Å². The molecule has 2 aromatic carbocycles. The van der Waals surface area contributed by atoms with Crippen LogP contribution in [0.3, 0.4) is 0 Å². The monoisotopic (exact) mass is 621 g/mol. The molecule has 0 saturated heterocycles. The number of rotatable bonds is 12. The fourth-order valence-electron chi connectivity index (χ4n) is 3.28. The molecule has 3 aromatic rings. The third-order valence-corrected chi connectivity index (χ3v) is 5.35. The molecule has 44 heavy (non-hydrogen) atoms. The fraction of sp³-hybridized carbons (Fsp3) is 0.250. The highest BCUT2D eigenvalue weighted by Gasteiger charge is 2.38. The van der Waals surface area contributed by atoms with Crippen LogP contribution in [0.1, 0.15) is 39.2 Å². The summed E-state index contributed by atoms with van der Waals surface area (Å²) in [4.78, 5) is 49.9. The van der Waals surface area contributed by atoms with Gasteiger partial charge in [0.05, 0.1) is 18.8 Å². The number of nitrogens with one attached hydrogen (secondary N) is 3. The molecule has 16 heteroatoms. The lowest BCUT2D eigenvalue weighted by molar-refractivity contribution is -0.192. The smallest absolute Gasteiger partial charge is 0.490 e. The Kier molecular flexibility index (Phi) is 13.4. The van der Waals surface area contributed by atoms with E-state index in [1.54, 1.807) is 61.7 Å². The third-order valence-electron chi connectivity index (χ3n) is 5.35. The number of carboxylic acids is 1. The lowest BCUT2D eigenvalue weighted by Gasteiger charge is -2.22. The van der Waals surface area contributed by atoms with Crippen LogP contribution in [0.15, 0.2) is 67.0 Å². The Labute approximate surface area is 249 Å². The van der Waals surface area contributed by atoms with Crippen molar-refractivity contribution in [3.8, 4) is 11.5 Å². The van der Waals surface area contributed by atoms with Gasteiger partial charge in [-0.3, -0.25) is 30.2 Å². The lowest BCUT2D eigenvalue weighted by Crippen LogP contribution is -2.45. The summed E-state index contributed by atoms with van der Waals surface area (Å²) in [6.07, 6.45) is -2.16. The Morgan fingerprint density at radius 2 is 1.64 bits per heavy atom. The van der Waals surface area contributed by atoms with Crippen molar-refractivity contribution in [3.05, 3.63) is 83.7 Å². The van der Waals surface area contributed by atoms with Crippen molar-refractivity contribution < 1.29 is 51.7 Å². The van der Waals surface area contributed by atoms with E-state index in [1.165, 1.54) is 12.4 Å². The zero-order valence-corrected chi connectivity index (χ0v) is 23.5. The van der Waals surface area contributed by atoms with E-state index >= 15 is 0 Å². The average molecular weight is 622 g/mol. The topological polar surface area (TPSA) is 191 Å². The molecule has 1 unspecified atom stereocenters. The van der Waals surface area contributed by atoms with Crippen LogP contribution in [0.25, 0.3) is 0 Å². The summed E-state index contributed by atoms with van der Waals surface area (Å²) >= 11 is 0. The van der Waals surface area contributed by atoms with E-state index in [1.807, 2.05) is 6.92 Å². The first-order chi connectivity index (χ1) is 20.9. The molecule has 0 aliphatic rings. The number of methoxy groups -OCH3 is 1. The van der Waals surface area contributed by atoms with Crippen molar-refractivity contribution in [1.29, 1.82) is 0 Å². The van der Waals surface area contributed by atoms with Crippen LogP contribution in [0.5, 0.6) is 11.5 Å². The number of hydrogen-bond acceptors (Lipinski definition) is 9. The Morgan fingerprint density at radius 1 is 0.955 bits per heavy atom. The normalized spacial score (nSPS) is 11.2. The maximum absolute atomic E-state index is 13.3. The second kappa shape index (κ2) is 16.9. The van der Waals surface area contributed by atoms with Crippen molar-refractivity contribution >= 4 is 29.4 Å². The van der Waals surface area contributed by atoms with Crippen LogP contribution in [0.4, 0.5) is 18.9 Å². The number of aromatic nitrogens is 1. The minimum atomic E-state index is -5.08. The first-order valence-electron chi connectivity index (χ1n) is 12.7. The SMILES string of the molecule is CCOc1cc(C(Nc2ccc(C(N)=O)cc2)C(=O)NNC(=O)c2cccnc2)ccc1OCCOC.O=C(O)C(F)(F)F. The largest absolute Gasteiger partial charge is 0.490 e. The van der Waals surface area contributed by atoms with Crippen molar-refractivity contribution in [2.45, 2.75) is 19.1 Å². The predicted octanol–water partition coefficient (Wildman–Crippen LogP) is 2.85. The number of carbonyl (C=O) groups excluding carboxylic acids is 3. The Hall–Kier alpha value is -5.38. The first-order valence-corrected chi connectivity index (χ1v) is 12.7. The van der Waals surface area contributed by atoms with Crippen LogP contribution in [0.2, 0.25) is 0 Å². The number of benzene rings is 2. The van der Waals surface area contributed by atoms with Gasteiger partial charge < -0.3 is 30.4 Å². The molecule has 0 aliphatic carbocycles. The third kappa shape index (κ3) is 11.1. The average Bonchev–Trinajstić information content (AvgIpc) is 3.00.